The molecule has 1 aliphatic heterocycles. The van der Waals surface area contributed by atoms with Crippen LogP contribution in [0.4, 0.5) is 5.00 Å². The SMILES string of the molecule is CN=C(NCCS(=O)(=O)NCc1ccccc1)NC1CCN(c2cccs2)CC1. The normalized spacial score (nSPS) is 16.0. The number of piperidine rings is 1. The van der Waals surface area contributed by atoms with Crippen LogP contribution in [0.5, 0.6) is 0 Å². The average Bonchev–Trinajstić information content (AvgIpc) is 3.28. The Morgan fingerprint density at radius 2 is 1.93 bits per heavy atom. The van der Waals surface area contributed by atoms with Crippen LogP contribution in [0.3, 0.4) is 0 Å². The Hall–Kier alpha value is -2.10. The molecule has 158 valence electrons. The van der Waals surface area contributed by atoms with Gasteiger partial charge in [0.2, 0.25) is 10.0 Å². The second-order valence-electron chi connectivity index (χ2n) is 6.98. The summed E-state index contributed by atoms with van der Waals surface area (Å²) in [5.41, 5.74) is 0.940. The first kappa shape index (κ1) is 21.6. The topological polar surface area (TPSA) is 85.8 Å². The third kappa shape index (κ3) is 7.02. The van der Waals surface area contributed by atoms with Gasteiger partial charge < -0.3 is 15.5 Å². The lowest BCUT2D eigenvalue weighted by molar-refractivity contribution is 0.463. The molecule has 2 aromatic rings. The smallest absolute Gasteiger partial charge is 0.213 e. The van der Waals surface area contributed by atoms with Gasteiger partial charge in [-0.15, -0.1) is 11.3 Å². The van der Waals surface area contributed by atoms with Gasteiger partial charge in [0.25, 0.3) is 0 Å². The van der Waals surface area contributed by atoms with Gasteiger partial charge in [-0.1, -0.05) is 30.3 Å². The van der Waals surface area contributed by atoms with E-state index in [1.807, 2.05) is 30.3 Å². The zero-order chi connectivity index (χ0) is 20.5. The highest BCUT2D eigenvalue weighted by Crippen LogP contribution is 2.24. The van der Waals surface area contributed by atoms with Gasteiger partial charge in [0.05, 0.1) is 10.8 Å². The summed E-state index contributed by atoms with van der Waals surface area (Å²) < 4.78 is 27.0. The summed E-state index contributed by atoms with van der Waals surface area (Å²) in [7, 11) is -1.64. The van der Waals surface area contributed by atoms with E-state index in [0.29, 0.717) is 25.1 Å². The Morgan fingerprint density at radius 1 is 1.17 bits per heavy atom. The van der Waals surface area contributed by atoms with Gasteiger partial charge in [-0.25, -0.2) is 13.1 Å². The van der Waals surface area contributed by atoms with E-state index >= 15 is 0 Å². The van der Waals surface area contributed by atoms with Gasteiger partial charge in [0.15, 0.2) is 5.96 Å². The maximum absolute atomic E-state index is 12.2. The standard InChI is InChI=1S/C20H29N5O2S2/c1-21-20(24-18-9-12-25(13-10-18)19-8-5-14-28-19)22-11-15-29(26,27)23-16-17-6-3-2-4-7-17/h2-8,14,18,23H,9-13,15-16H2,1H3,(H2,21,22,24). The minimum atomic E-state index is -3.35. The maximum Gasteiger partial charge on any atom is 0.213 e. The summed E-state index contributed by atoms with van der Waals surface area (Å²) in [6, 6.07) is 14.1. The Kier molecular flexibility index (Phi) is 7.91. The summed E-state index contributed by atoms with van der Waals surface area (Å²) in [6.45, 7) is 2.62. The number of aliphatic imine (C=N–C) groups is 1. The van der Waals surface area contributed by atoms with Gasteiger partial charge in [-0.2, -0.15) is 0 Å². The molecule has 2 heterocycles. The predicted octanol–water partition coefficient (Wildman–Crippen LogP) is 2.00. The third-order valence-corrected chi connectivity index (χ3v) is 7.13. The van der Waals surface area contributed by atoms with E-state index in [4.69, 9.17) is 0 Å². The average molecular weight is 436 g/mol. The molecule has 1 aromatic carbocycles. The Morgan fingerprint density at radius 3 is 2.59 bits per heavy atom. The Bertz CT molecular complexity index is 862. The zero-order valence-electron chi connectivity index (χ0n) is 16.7. The lowest BCUT2D eigenvalue weighted by Gasteiger charge is -2.33. The molecule has 29 heavy (non-hydrogen) atoms. The van der Waals surface area contributed by atoms with Crippen molar-refractivity contribution in [3.8, 4) is 0 Å². The molecule has 1 aromatic heterocycles. The number of rotatable bonds is 8. The molecule has 0 saturated carbocycles. The molecule has 9 heteroatoms. The maximum atomic E-state index is 12.2. The van der Waals surface area contributed by atoms with E-state index in [1.54, 1.807) is 18.4 Å². The van der Waals surface area contributed by atoms with Crippen LogP contribution >= 0.6 is 11.3 Å². The zero-order valence-corrected chi connectivity index (χ0v) is 18.3. The van der Waals surface area contributed by atoms with Gasteiger partial charge in [0.1, 0.15) is 0 Å². The molecule has 7 nitrogen and oxygen atoms in total. The molecule has 3 rings (SSSR count). The van der Waals surface area contributed by atoms with E-state index in [1.165, 1.54) is 5.00 Å². The molecule has 0 atom stereocenters. The van der Waals surface area contributed by atoms with Crippen LogP contribution in [0.25, 0.3) is 0 Å². The second-order valence-corrected chi connectivity index (χ2v) is 9.83. The molecule has 0 spiro atoms. The van der Waals surface area contributed by atoms with Crippen molar-refractivity contribution in [3.63, 3.8) is 0 Å². The largest absolute Gasteiger partial charge is 0.363 e. The van der Waals surface area contributed by atoms with Gasteiger partial charge in [-0.3, -0.25) is 4.99 Å². The Labute approximate surface area is 177 Å². The predicted molar refractivity (Wildman–Crippen MR) is 121 cm³/mol. The van der Waals surface area contributed by atoms with Crippen molar-refractivity contribution in [1.29, 1.82) is 0 Å². The number of nitrogens with one attached hydrogen (secondary N) is 3. The van der Waals surface area contributed by atoms with Crippen LogP contribution in [0, 0.1) is 0 Å². The van der Waals surface area contributed by atoms with Crippen molar-refractivity contribution in [1.82, 2.24) is 15.4 Å². The van der Waals surface area contributed by atoms with Gasteiger partial charge in [-0.05, 0) is 35.9 Å². The lowest BCUT2D eigenvalue weighted by atomic mass is 10.1. The van der Waals surface area contributed by atoms with Crippen molar-refractivity contribution in [2.75, 3.05) is 37.3 Å². The van der Waals surface area contributed by atoms with E-state index in [0.717, 1.165) is 31.5 Å². The summed E-state index contributed by atoms with van der Waals surface area (Å²) in [4.78, 5) is 6.64. The molecule has 1 fully saturated rings. The fourth-order valence-electron chi connectivity index (χ4n) is 3.25. The highest BCUT2D eigenvalue weighted by molar-refractivity contribution is 7.89. The number of anilines is 1. The first-order chi connectivity index (χ1) is 14.1. The molecule has 0 radical (unpaired) electrons. The van der Waals surface area contributed by atoms with E-state index in [2.05, 4.69) is 42.8 Å². The van der Waals surface area contributed by atoms with Crippen LogP contribution in [-0.4, -0.2) is 52.9 Å². The monoisotopic (exact) mass is 435 g/mol. The molecule has 0 amide bonds. The summed E-state index contributed by atoms with van der Waals surface area (Å²) >= 11 is 1.77. The Balaban J connectivity index is 1.37. The molecule has 0 unspecified atom stereocenters. The minimum absolute atomic E-state index is 0.00262. The van der Waals surface area contributed by atoms with Crippen LogP contribution < -0.4 is 20.3 Å². The van der Waals surface area contributed by atoms with Crippen molar-refractivity contribution >= 4 is 32.3 Å². The highest BCUT2D eigenvalue weighted by atomic mass is 32.2. The summed E-state index contributed by atoms with van der Waals surface area (Å²) in [5, 5.41) is 9.96. The number of hydrogen-bond acceptors (Lipinski definition) is 5. The molecule has 1 aliphatic rings. The number of nitrogens with zero attached hydrogens (tertiary/aromatic N) is 2. The number of thiophene rings is 1. The third-order valence-electron chi connectivity index (χ3n) is 4.88. The molecule has 0 aliphatic carbocycles. The lowest BCUT2D eigenvalue weighted by Crippen LogP contribution is -2.49. The van der Waals surface area contributed by atoms with Gasteiger partial charge >= 0.3 is 0 Å². The molecule has 1 saturated heterocycles. The quantitative estimate of drug-likeness (QED) is 0.436. The van der Waals surface area contributed by atoms with Crippen LogP contribution in [0.1, 0.15) is 18.4 Å². The number of hydrogen-bond donors (Lipinski definition) is 3. The number of sulfonamides is 1. The number of guanidine groups is 1. The fourth-order valence-corrected chi connectivity index (χ4v) is 4.93. The van der Waals surface area contributed by atoms with Crippen molar-refractivity contribution in [2.45, 2.75) is 25.4 Å². The van der Waals surface area contributed by atoms with Crippen LogP contribution in [0.15, 0.2) is 52.8 Å². The van der Waals surface area contributed by atoms with Crippen LogP contribution in [-0.2, 0) is 16.6 Å². The van der Waals surface area contributed by atoms with Crippen molar-refractivity contribution < 1.29 is 8.42 Å². The van der Waals surface area contributed by atoms with Crippen molar-refractivity contribution in [3.05, 3.63) is 53.4 Å². The van der Waals surface area contributed by atoms with E-state index < -0.39 is 10.0 Å². The first-order valence-electron chi connectivity index (χ1n) is 9.82. The molecule has 3 N–H and O–H groups in total. The first-order valence-corrected chi connectivity index (χ1v) is 12.4. The molecule has 0 bridgehead atoms. The fraction of sp³-hybridized carbons (Fsp3) is 0.450. The minimum Gasteiger partial charge on any atom is -0.363 e. The van der Waals surface area contributed by atoms with Gasteiger partial charge in [0, 0.05) is 39.3 Å². The molecular formula is C20H29N5O2S2. The number of benzene rings is 1. The summed E-state index contributed by atoms with van der Waals surface area (Å²) in [6.07, 6.45) is 2.05. The highest BCUT2D eigenvalue weighted by Gasteiger charge is 2.20. The van der Waals surface area contributed by atoms with E-state index in [-0.39, 0.29) is 5.75 Å². The second kappa shape index (κ2) is 10.6. The molecular weight excluding hydrogens is 406 g/mol. The van der Waals surface area contributed by atoms with E-state index in [9.17, 15) is 8.42 Å². The van der Waals surface area contributed by atoms with Crippen LogP contribution in [0.2, 0.25) is 0 Å². The van der Waals surface area contributed by atoms with Crippen molar-refractivity contribution in [2.24, 2.45) is 4.99 Å². The summed E-state index contributed by atoms with van der Waals surface area (Å²) in [5.74, 6) is 0.648.